The van der Waals surface area contributed by atoms with Crippen LogP contribution in [0, 0.1) is 11.3 Å². The number of carbonyl (C=O) groups is 1. The Morgan fingerprint density at radius 3 is 2.73 bits per heavy atom. The maximum Gasteiger partial charge on any atom is 0.262 e. The lowest BCUT2D eigenvalue weighted by Gasteiger charge is -2.22. The minimum atomic E-state index is -0.315. The van der Waals surface area contributed by atoms with Gasteiger partial charge in [-0.15, -0.1) is 0 Å². The average Bonchev–Trinajstić information content (AvgIpc) is 2.66. The van der Waals surface area contributed by atoms with E-state index in [1.807, 2.05) is 13.0 Å². The zero-order valence-electron chi connectivity index (χ0n) is 15.3. The predicted molar refractivity (Wildman–Crippen MR) is 102 cm³/mol. The number of benzene rings is 1. The molecule has 1 saturated carbocycles. The molecule has 0 aliphatic heterocycles. The van der Waals surface area contributed by atoms with Gasteiger partial charge in [0.05, 0.1) is 6.61 Å². The van der Waals surface area contributed by atoms with Gasteiger partial charge < -0.3 is 14.8 Å². The normalized spacial score (nSPS) is 15.0. The van der Waals surface area contributed by atoms with Gasteiger partial charge in [0.1, 0.15) is 18.2 Å². The summed E-state index contributed by atoms with van der Waals surface area (Å²) in [6.07, 6.45) is 8.67. The van der Waals surface area contributed by atoms with Gasteiger partial charge in [-0.2, -0.15) is 5.26 Å². The highest BCUT2D eigenvalue weighted by Crippen LogP contribution is 2.29. The van der Waals surface area contributed by atoms with Crippen molar-refractivity contribution in [1.82, 2.24) is 5.32 Å². The summed E-state index contributed by atoms with van der Waals surface area (Å²) in [6.45, 7) is 6.39. The first-order valence-corrected chi connectivity index (χ1v) is 9.11. The molecule has 1 aromatic carbocycles. The first kappa shape index (κ1) is 19.6. The molecule has 1 amide bonds. The lowest BCUT2D eigenvalue weighted by molar-refractivity contribution is -0.117. The molecular weight excluding hydrogens is 328 g/mol. The van der Waals surface area contributed by atoms with Crippen LogP contribution in [0.4, 0.5) is 0 Å². The summed E-state index contributed by atoms with van der Waals surface area (Å²) < 4.78 is 11.2. The van der Waals surface area contributed by atoms with E-state index in [2.05, 4.69) is 11.9 Å². The first-order chi connectivity index (χ1) is 12.7. The Kier molecular flexibility index (Phi) is 7.75. The van der Waals surface area contributed by atoms with Crippen molar-refractivity contribution >= 4 is 12.0 Å². The van der Waals surface area contributed by atoms with E-state index in [-0.39, 0.29) is 17.5 Å². The highest BCUT2D eigenvalue weighted by atomic mass is 16.5. The fraction of sp³-hybridized carbons (Fsp3) is 0.429. The summed E-state index contributed by atoms with van der Waals surface area (Å²) in [5, 5.41) is 12.4. The first-order valence-electron chi connectivity index (χ1n) is 9.11. The van der Waals surface area contributed by atoms with Crippen molar-refractivity contribution in [2.45, 2.75) is 45.1 Å². The lowest BCUT2D eigenvalue weighted by Crippen LogP contribution is -2.36. The molecule has 0 atom stereocenters. The Labute approximate surface area is 155 Å². The van der Waals surface area contributed by atoms with Gasteiger partial charge in [-0.05, 0) is 43.5 Å². The Balaban J connectivity index is 2.15. The fourth-order valence-corrected chi connectivity index (χ4v) is 2.98. The lowest BCUT2D eigenvalue weighted by atomic mass is 9.95. The van der Waals surface area contributed by atoms with Gasteiger partial charge in [0.15, 0.2) is 11.5 Å². The van der Waals surface area contributed by atoms with Crippen molar-refractivity contribution < 1.29 is 14.3 Å². The molecule has 5 nitrogen and oxygen atoms in total. The summed E-state index contributed by atoms with van der Waals surface area (Å²) in [6, 6.07) is 7.51. The minimum Gasteiger partial charge on any atom is -0.490 e. The molecular formula is C21H26N2O3. The smallest absolute Gasteiger partial charge is 0.262 e. The molecule has 5 heteroatoms. The quantitative estimate of drug-likeness (QED) is 0.435. The monoisotopic (exact) mass is 354 g/mol. The molecule has 0 saturated heterocycles. The molecule has 0 aromatic heterocycles. The number of rotatable bonds is 8. The molecule has 0 radical (unpaired) electrons. The van der Waals surface area contributed by atoms with Gasteiger partial charge in [0.25, 0.3) is 5.91 Å². The van der Waals surface area contributed by atoms with E-state index in [0.717, 1.165) is 31.2 Å². The number of nitriles is 1. The molecule has 0 spiro atoms. The molecule has 2 rings (SSSR count). The van der Waals surface area contributed by atoms with Crippen molar-refractivity contribution in [2.24, 2.45) is 0 Å². The molecule has 1 aliphatic rings. The van der Waals surface area contributed by atoms with E-state index in [1.165, 1.54) is 6.42 Å². The molecule has 1 aliphatic carbocycles. The van der Waals surface area contributed by atoms with Gasteiger partial charge in [-0.1, -0.05) is 38.0 Å². The summed E-state index contributed by atoms with van der Waals surface area (Å²) in [5.41, 5.74) is 0.813. The number of nitrogens with one attached hydrogen (secondary N) is 1. The van der Waals surface area contributed by atoms with Gasteiger partial charge in [-0.3, -0.25) is 4.79 Å². The Morgan fingerprint density at radius 1 is 1.31 bits per heavy atom. The number of amides is 1. The standard InChI is InChI=1S/C21H26N2O3/c1-3-12-26-19-11-10-16(14-20(19)25-4-2)13-17(15-22)21(24)23-18-8-6-5-7-9-18/h3,10-11,13-14,18H,1,4-9,12H2,2H3,(H,23,24)/b17-13+. The Bertz CT molecular complexity index is 698. The second-order valence-corrected chi connectivity index (χ2v) is 6.22. The number of nitrogens with zero attached hydrogens (tertiary/aromatic N) is 1. The van der Waals surface area contributed by atoms with E-state index < -0.39 is 0 Å². The average molecular weight is 354 g/mol. The maximum absolute atomic E-state index is 12.4. The van der Waals surface area contributed by atoms with Crippen LogP contribution in [0.15, 0.2) is 36.4 Å². The van der Waals surface area contributed by atoms with Crippen LogP contribution in [0.1, 0.15) is 44.6 Å². The van der Waals surface area contributed by atoms with E-state index >= 15 is 0 Å². The SMILES string of the molecule is C=CCOc1ccc(/C=C(\C#N)C(=O)NC2CCCCC2)cc1OCC. The van der Waals surface area contributed by atoms with Crippen molar-refractivity contribution in [1.29, 1.82) is 5.26 Å². The minimum absolute atomic E-state index is 0.0952. The molecule has 138 valence electrons. The predicted octanol–water partition coefficient (Wildman–Crippen LogP) is 4.01. The van der Waals surface area contributed by atoms with Crippen LogP contribution in [0.5, 0.6) is 11.5 Å². The van der Waals surface area contributed by atoms with Gasteiger partial charge in [0, 0.05) is 6.04 Å². The van der Waals surface area contributed by atoms with Crippen LogP contribution in [0.2, 0.25) is 0 Å². The third-order valence-corrected chi connectivity index (χ3v) is 4.24. The maximum atomic E-state index is 12.4. The second-order valence-electron chi connectivity index (χ2n) is 6.22. The Hall–Kier alpha value is -2.74. The fourth-order valence-electron chi connectivity index (χ4n) is 2.98. The molecule has 0 unspecified atom stereocenters. The highest BCUT2D eigenvalue weighted by molar-refractivity contribution is 6.01. The van der Waals surface area contributed by atoms with Crippen LogP contribution in [0.3, 0.4) is 0 Å². The molecule has 0 bridgehead atoms. The molecule has 1 aromatic rings. The third kappa shape index (κ3) is 5.66. The number of ether oxygens (including phenoxy) is 2. The zero-order valence-corrected chi connectivity index (χ0v) is 15.3. The highest BCUT2D eigenvalue weighted by Gasteiger charge is 2.18. The summed E-state index contributed by atoms with van der Waals surface area (Å²) in [4.78, 5) is 12.4. The Morgan fingerprint density at radius 2 is 2.08 bits per heavy atom. The van der Waals surface area contributed by atoms with Crippen LogP contribution in [0.25, 0.3) is 6.08 Å². The molecule has 1 N–H and O–H groups in total. The van der Waals surface area contributed by atoms with Crippen LogP contribution >= 0.6 is 0 Å². The van der Waals surface area contributed by atoms with Gasteiger partial charge in [-0.25, -0.2) is 0 Å². The molecule has 26 heavy (non-hydrogen) atoms. The summed E-state index contributed by atoms with van der Waals surface area (Å²) in [7, 11) is 0. The van der Waals surface area contributed by atoms with Crippen molar-refractivity contribution in [3.8, 4) is 17.6 Å². The number of hydrogen-bond donors (Lipinski definition) is 1. The van der Waals surface area contributed by atoms with Crippen molar-refractivity contribution in [3.63, 3.8) is 0 Å². The topological polar surface area (TPSA) is 71.3 Å². The second kappa shape index (κ2) is 10.3. The van der Waals surface area contributed by atoms with E-state index in [1.54, 1.807) is 30.4 Å². The molecule has 1 fully saturated rings. The van der Waals surface area contributed by atoms with E-state index in [4.69, 9.17) is 9.47 Å². The van der Waals surface area contributed by atoms with Gasteiger partial charge in [0.2, 0.25) is 0 Å². The zero-order chi connectivity index (χ0) is 18.8. The molecule has 0 heterocycles. The summed E-state index contributed by atoms with van der Waals surface area (Å²) >= 11 is 0. The van der Waals surface area contributed by atoms with Crippen LogP contribution < -0.4 is 14.8 Å². The van der Waals surface area contributed by atoms with E-state index in [0.29, 0.717) is 24.7 Å². The largest absolute Gasteiger partial charge is 0.490 e. The van der Waals surface area contributed by atoms with Crippen molar-refractivity contribution in [3.05, 3.63) is 42.0 Å². The van der Waals surface area contributed by atoms with Crippen LogP contribution in [-0.4, -0.2) is 25.2 Å². The summed E-state index contributed by atoms with van der Waals surface area (Å²) in [5.74, 6) is 0.867. The number of hydrogen-bond acceptors (Lipinski definition) is 4. The third-order valence-electron chi connectivity index (χ3n) is 4.24. The van der Waals surface area contributed by atoms with E-state index in [9.17, 15) is 10.1 Å². The number of carbonyl (C=O) groups excluding carboxylic acids is 1. The van der Waals surface area contributed by atoms with Crippen molar-refractivity contribution in [2.75, 3.05) is 13.2 Å². The van der Waals surface area contributed by atoms with Crippen LogP contribution in [-0.2, 0) is 4.79 Å². The van der Waals surface area contributed by atoms with Gasteiger partial charge >= 0.3 is 0 Å².